The molecule has 3 aromatic carbocycles. The van der Waals surface area contributed by atoms with Gasteiger partial charge in [-0.15, -0.1) is 0 Å². The molecule has 3 aromatic rings. The second kappa shape index (κ2) is 13.3. The highest BCUT2D eigenvalue weighted by atomic mass is 35.5. The standard InChI is InChI=1S/C30H34ClN3O6S/c1-21(2)18-32-30(36)22(3)33(19-23-9-7-8-12-26(23)31)29(35)20-34(41(37,38)25-10-5-4-6-11-25)24-13-14-27-28(17-24)40-16-15-39-27/h4-14,17,21-22H,15-16,18-20H2,1-3H3,(H,32,36). The van der Waals surface area contributed by atoms with Crippen LogP contribution in [0, 0.1) is 5.92 Å². The number of sulfonamides is 1. The molecule has 4 rings (SSSR count). The second-order valence-electron chi connectivity index (χ2n) is 10.1. The van der Waals surface area contributed by atoms with E-state index in [2.05, 4.69) is 5.32 Å². The Balaban J connectivity index is 1.72. The number of nitrogens with one attached hydrogen (secondary N) is 1. The van der Waals surface area contributed by atoms with Gasteiger partial charge < -0.3 is 19.7 Å². The van der Waals surface area contributed by atoms with Crippen LogP contribution in [0.15, 0.2) is 77.7 Å². The molecular formula is C30H34ClN3O6S. The molecule has 0 saturated carbocycles. The maximum Gasteiger partial charge on any atom is 0.264 e. The molecule has 1 aliphatic rings. The molecule has 0 bridgehead atoms. The highest BCUT2D eigenvalue weighted by Crippen LogP contribution is 2.36. The molecule has 1 aliphatic heterocycles. The molecule has 9 nitrogen and oxygen atoms in total. The van der Waals surface area contributed by atoms with Gasteiger partial charge in [-0.3, -0.25) is 13.9 Å². The Hall–Kier alpha value is -3.76. The minimum atomic E-state index is -4.19. The topological polar surface area (TPSA) is 105 Å². The molecule has 0 fully saturated rings. The van der Waals surface area contributed by atoms with Crippen LogP contribution < -0.4 is 19.1 Å². The fraction of sp³-hybridized carbons (Fsp3) is 0.333. The summed E-state index contributed by atoms with van der Waals surface area (Å²) >= 11 is 6.41. The normalized spacial score (nSPS) is 13.4. The van der Waals surface area contributed by atoms with E-state index in [4.69, 9.17) is 21.1 Å². The quantitative estimate of drug-likeness (QED) is 0.348. The number of fused-ring (bicyclic) bond motifs is 1. The van der Waals surface area contributed by atoms with Gasteiger partial charge in [0.2, 0.25) is 11.8 Å². The smallest absolute Gasteiger partial charge is 0.264 e. The number of carbonyl (C=O) groups excluding carboxylic acids is 2. The molecule has 1 unspecified atom stereocenters. The maximum atomic E-state index is 14.0. The lowest BCUT2D eigenvalue weighted by Crippen LogP contribution is -2.51. The number of anilines is 1. The average Bonchev–Trinajstić information content (AvgIpc) is 2.97. The van der Waals surface area contributed by atoms with Gasteiger partial charge in [0.15, 0.2) is 11.5 Å². The number of carbonyl (C=O) groups is 2. The molecule has 11 heteroatoms. The first-order valence-corrected chi connectivity index (χ1v) is 15.2. The number of ether oxygens (including phenoxy) is 2. The minimum Gasteiger partial charge on any atom is -0.486 e. The van der Waals surface area contributed by atoms with Gasteiger partial charge in [-0.25, -0.2) is 8.42 Å². The van der Waals surface area contributed by atoms with Crippen molar-refractivity contribution < 1.29 is 27.5 Å². The highest BCUT2D eigenvalue weighted by Gasteiger charge is 2.33. The molecule has 0 radical (unpaired) electrons. The summed E-state index contributed by atoms with van der Waals surface area (Å²) in [5.41, 5.74) is 0.851. The maximum absolute atomic E-state index is 14.0. The van der Waals surface area contributed by atoms with Gasteiger partial charge in [0.05, 0.1) is 10.6 Å². The summed E-state index contributed by atoms with van der Waals surface area (Å²) in [5, 5.41) is 3.30. The number of hydrogen-bond donors (Lipinski definition) is 1. The third-order valence-electron chi connectivity index (χ3n) is 6.57. The Bertz CT molecular complexity index is 1480. The van der Waals surface area contributed by atoms with Crippen molar-refractivity contribution in [1.29, 1.82) is 0 Å². The summed E-state index contributed by atoms with van der Waals surface area (Å²) in [7, 11) is -4.19. The van der Waals surface area contributed by atoms with Crippen molar-refractivity contribution in [2.24, 2.45) is 5.92 Å². The molecule has 1 N–H and O–H groups in total. The number of benzene rings is 3. The molecular weight excluding hydrogens is 566 g/mol. The molecule has 0 aromatic heterocycles. The van der Waals surface area contributed by atoms with E-state index >= 15 is 0 Å². The minimum absolute atomic E-state index is 0.00906. The molecule has 41 heavy (non-hydrogen) atoms. The third-order valence-corrected chi connectivity index (χ3v) is 8.73. The fourth-order valence-electron chi connectivity index (χ4n) is 4.28. The van der Waals surface area contributed by atoms with Crippen molar-refractivity contribution in [3.63, 3.8) is 0 Å². The van der Waals surface area contributed by atoms with Crippen LogP contribution in [0.5, 0.6) is 11.5 Å². The molecule has 0 spiro atoms. The van der Waals surface area contributed by atoms with E-state index in [0.717, 1.165) is 4.31 Å². The van der Waals surface area contributed by atoms with Gasteiger partial charge in [0.1, 0.15) is 25.8 Å². The van der Waals surface area contributed by atoms with Crippen molar-refractivity contribution >= 4 is 39.1 Å². The monoisotopic (exact) mass is 599 g/mol. The molecule has 0 saturated heterocycles. The van der Waals surface area contributed by atoms with Crippen LogP contribution in [0.1, 0.15) is 26.3 Å². The Kier molecular flexibility index (Phi) is 9.77. The molecule has 0 aliphatic carbocycles. The first-order valence-electron chi connectivity index (χ1n) is 13.4. The Morgan fingerprint density at radius 2 is 1.59 bits per heavy atom. The third kappa shape index (κ3) is 7.31. The summed E-state index contributed by atoms with van der Waals surface area (Å²) in [4.78, 5) is 28.5. The number of nitrogens with zero attached hydrogens (tertiary/aromatic N) is 2. The van der Waals surface area contributed by atoms with E-state index in [1.807, 2.05) is 13.8 Å². The van der Waals surface area contributed by atoms with Crippen molar-refractivity contribution in [1.82, 2.24) is 10.2 Å². The van der Waals surface area contributed by atoms with E-state index in [9.17, 15) is 18.0 Å². The number of halogens is 1. The van der Waals surface area contributed by atoms with Crippen molar-refractivity contribution in [3.05, 3.63) is 83.4 Å². The Morgan fingerprint density at radius 3 is 2.27 bits per heavy atom. The van der Waals surface area contributed by atoms with Gasteiger partial charge >= 0.3 is 0 Å². The van der Waals surface area contributed by atoms with Crippen LogP contribution >= 0.6 is 11.6 Å². The van der Waals surface area contributed by atoms with E-state index in [1.165, 1.54) is 17.0 Å². The molecule has 1 atom stereocenters. The summed E-state index contributed by atoms with van der Waals surface area (Å²) < 4.78 is 40.2. The van der Waals surface area contributed by atoms with Crippen LogP contribution in [-0.2, 0) is 26.2 Å². The molecule has 218 valence electrons. The zero-order chi connectivity index (χ0) is 29.6. The first kappa shape index (κ1) is 30.2. The van der Waals surface area contributed by atoms with Gasteiger partial charge in [0.25, 0.3) is 10.0 Å². The number of amides is 2. The van der Waals surface area contributed by atoms with Crippen LogP contribution in [0.2, 0.25) is 5.02 Å². The summed E-state index contributed by atoms with van der Waals surface area (Å²) in [6.45, 7) is 6.13. The highest BCUT2D eigenvalue weighted by molar-refractivity contribution is 7.92. The van der Waals surface area contributed by atoms with Crippen LogP contribution in [0.3, 0.4) is 0 Å². The lowest BCUT2D eigenvalue weighted by molar-refractivity contribution is -0.139. The zero-order valence-electron chi connectivity index (χ0n) is 23.2. The molecule has 2 amide bonds. The van der Waals surface area contributed by atoms with Crippen molar-refractivity contribution in [2.75, 3.05) is 30.6 Å². The van der Waals surface area contributed by atoms with Crippen molar-refractivity contribution in [3.8, 4) is 11.5 Å². The Labute approximate surface area is 246 Å². The number of hydrogen-bond acceptors (Lipinski definition) is 6. The van der Waals surface area contributed by atoms with E-state index in [-0.39, 0.29) is 29.0 Å². The lowest BCUT2D eigenvalue weighted by atomic mass is 10.1. The zero-order valence-corrected chi connectivity index (χ0v) is 24.8. The fourth-order valence-corrected chi connectivity index (χ4v) is 5.90. The average molecular weight is 600 g/mol. The Morgan fingerprint density at radius 1 is 0.927 bits per heavy atom. The van der Waals surface area contributed by atoms with Gasteiger partial charge in [-0.1, -0.05) is 61.8 Å². The van der Waals surface area contributed by atoms with Crippen molar-refractivity contribution in [2.45, 2.75) is 38.3 Å². The van der Waals surface area contributed by atoms with Gasteiger partial charge in [0, 0.05) is 24.2 Å². The van der Waals surface area contributed by atoms with E-state index in [1.54, 1.807) is 67.6 Å². The van der Waals surface area contributed by atoms with E-state index < -0.39 is 28.5 Å². The first-order chi connectivity index (χ1) is 19.6. The van der Waals surface area contributed by atoms with Crippen LogP contribution in [0.4, 0.5) is 5.69 Å². The molecule has 1 heterocycles. The van der Waals surface area contributed by atoms with Crippen LogP contribution in [0.25, 0.3) is 0 Å². The van der Waals surface area contributed by atoms with Gasteiger partial charge in [-0.05, 0) is 48.7 Å². The van der Waals surface area contributed by atoms with Crippen LogP contribution in [-0.4, -0.2) is 57.5 Å². The predicted molar refractivity (Wildman–Crippen MR) is 158 cm³/mol. The summed E-state index contributed by atoms with van der Waals surface area (Å²) in [5.74, 6) is 0.144. The van der Waals surface area contributed by atoms with E-state index in [0.29, 0.717) is 41.8 Å². The summed E-state index contributed by atoms with van der Waals surface area (Å²) in [6.07, 6.45) is 0. The number of rotatable bonds is 11. The SMILES string of the molecule is CC(C)CNC(=O)C(C)N(Cc1ccccc1Cl)C(=O)CN(c1ccc2c(c1)OCCO2)S(=O)(=O)c1ccccc1. The summed E-state index contributed by atoms with van der Waals surface area (Å²) in [6, 6.07) is 18.7. The lowest BCUT2D eigenvalue weighted by Gasteiger charge is -2.32. The van der Waals surface area contributed by atoms with Gasteiger partial charge in [-0.2, -0.15) is 0 Å². The second-order valence-corrected chi connectivity index (χ2v) is 12.4. The predicted octanol–water partition coefficient (Wildman–Crippen LogP) is 4.50. The largest absolute Gasteiger partial charge is 0.486 e.